The van der Waals surface area contributed by atoms with Gasteiger partial charge in [0.05, 0.1) is 6.10 Å². The van der Waals surface area contributed by atoms with E-state index in [1.165, 1.54) is 0 Å². The van der Waals surface area contributed by atoms with Crippen LogP contribution >= 0.6 is 0 Å². The van der Waals surface area contributed by atoms with Crippen LogP contribution in [0.5, 0.6) is 0 Å². The molecule has 0 aromatic carbocycles. The summed E-state index contributed by atoms with van der Waals surface area (Å²) in [6.45, 7) is 4.34. The summed E-state index contributed by atoms with van der Waals surface area (Å²) in [6.07, 6.45) is 1.56. The van der Waals surface area contributed by atoms with Crippen molar-refractivity contribution in [2.24, 2.45) is 11.8 Å². The van der Waals surface area contributed by atoms with Crippen molar-refractivity contribution in [3.05, 3.63) is 0 Å². The molecule has 1 nitrogen and oxygen atoms in total. The molecular formula is C7H13O. The van der Waals surface area contributed by atoms with Gasteiger partial charge in [0.2, 0.25) is 0 Å². The van der Waals surface area contributed by atoms with E-state index >= 15 is 0 Å². The van der Waals surface area contributed by atoms with E-state index in [1.807, 2.05) is 0 Å². The highest BCUT2D eigenvalue weighted by molar-refractivity contribution is 4.76. The molecule has 0 heterocycles. The number of hydrogen-bond donors (Lipinski definition) is 0. The molecule has 0 spiro atoms. The molecular weight excluding hydrogens is 100 g/mol. The molecule has 1 fully saturated rings. The van der Waals surface area contributed by atoms with Crippen molar-refractivity contribution in [2.75, 3.05) is 0 Å². The first-order valence-corrected chi connectivity index (χ1v) is 3.36. The summed E-state index contributed by atoms with van der Waals surface area (Å²) in [5.41, 5.74) is 0. The predicted octanol–water partition coefficient (Wildman–Crippen LogP) is 1.85. The van der Waals surface area contributed by atoms with E-state index in [2.05, 4.69) is 13.8 Å². The summed E-state index contributed by atoms with van der Waals surface area (Å²) in [4.78, 5) is 0. The van der Waals surface area contributed by atoms with Crippen molar-refractivity contribution in [3.8, 4) is 0 Å². The molecule has 0 saturated heterocycles. The Kier molecular flexibility index (Phi) is 1.57. The third-order valence-corrected chi connectivity index (χ3v) is 2.24. The van der Waals surface area contributed by atoms with Crippen molar-refractivity contribution in [1.82, 2.24) is 0 Å². The lowest BCUT2D eigenvalue weighted by molar-refractivity contribution is 0.0906. The van der Waals surface area contributed by atoms with Gasteiger partial charge >= 0.3 is 0 Å². The maximum absolute atomic E-state index is 10.7. The molecule has 1 saturated carbocycles. The Morgan fingerprint density at radius 1 is 1.12 bits per heavy atom. The van der Waals surface area contributed by atoms with E-state index in [0.717, 1.165) is 12.8 Å². The first-order chi connectivity index (χ1) is 3.70. The van der Waals surface area contributed by atoms with Gasteiger partial charge in [-0.25, -0.2) is 5.11 Å². The molecule has 1 heteroatoms. The molecule has 2 atom stereocenters. The molecule has 47 valence electrons. The minimum atomic E-state index is -0.250. The van der Waals surface area contributed by atoms with Crippen LogP contribution in [-0.4, -0.2) is 6.10 Å². The molecule has 0 aromatic rings. The van der Waals surface area contributed by atoms with Gasteiger partial charge < -0.3 is 0 Å². The van der Waals surface area contributed by atoms with Crippen LogP contribution in [0.15, 0.2) is 0 Å². The topological polar surface area (TPSA) is 19.9 Å². The highest BCUT2D eigenvalue weighted by atomic mass is 16.3. The van der Waals surface area contributed by atoms with E-state index in [0.29, 0.717) is 11.8 Å². The van der Waals surface area contributed by atoms with Crippen molar-refractivity contribution in [3.63, 3.8) is 0 Å². The van der Waals surface area contributed by atoms with Gasteiger partial charge in [0, 0.05) is 0 Å². The van der Waals surface area contributed by atoms with E-state index < -0.39 is 0 Å². The van der Waals surface area contributed by atoms with Gasteiger partial charge in [-0.05, 0) is 24.7 Å². The molecule has 1 radical (unpaired) electrons. The Hall–Kier alpha value is -0.0400. The molecule has 0 aliphatic heterocycles. The van der Waals surface area contributed by atoms with Crippen molar-refractivity contribution in [2.45, 2.75) is 32.8 Å². The minimum Gasteiger partial charge on any atom is -0.233 e. The fourth-order valence-electron chi connectivity index (χ4n) is 1.39. The summed E-state index contributed by atoms with van der Waals surface area (Å²) < 4.78 is 0. The summed E-state index contributed by atoms with van der Waals surface area (Å²) in [6, 6.07) is 0. The molecule has 0 bridgehead atoms. The zero-order valence-corrected chi connectivity index (χ0v) is 5.55. The summed E-state index contributed by atoms with van der Waals surface area (Å²) in [5.74, 6) is 1.36. The standard InChI is InChI=1S/C7H13O/c1-5-3-7(8)4-6(5)2/h5-7H,3-4H2,1-2H3. The predicted molar refractivity (Wildman–Crippen MR) is 32.0 cm³/mol. The first-order valence-electron chi connectivity index (χ1n) is 3.36. The molecule has 1 aliphatic rings. The second-order valence-electron chi connectivity index (χ2n) is 3.05. The Bertz CT molecular complexity index is 70.5. The molecule has 1 rings (SSSR count). The van der Waals surface area contributed by atoms with Gasteiger partial charge in [0.1, 0.15) is 0 Å². The SMILES string of the molecule is CC1CC([O])CC1C. The lowest BCUT2D eigenvalue weighted by Crippen LogP contribution is -1.95. The summed E-state index contributed by atoms with van der Waals surface area (Å²) in [5, 5.41) is 10.7. The highest BCUT2D eigenvalue weighted by Gasteiger charge is 2.27. The van der Waals surface area contributed by atoms with E-state index in [-0.39, 0.29) is 6.10 Å². The maximum Gasteiger partial charge on any atom is 0.0935 e. The van der Waals surface area contributed by atoms with Gasteiger partial charge in [0.15, 0.2) is 0 Å². The molecule has 0 amide bonds. The van der Waals surface area contributed by atoms with Crippen LogP contribution in [-0.2, 0) is 5.11 Å². The fraction of sp³-hybridized carbons (Fsp3) is 1.00. The lowest BCUT2D eigenvalue weighted by Gasteiger charge is -2.04. The van der Waals surface area contributed by atoms with Gasteiger partial charge in [-0.15, -0.1) is 0 Å². The van der Waals surface area contributed by atoms with Crippen LogP contribution < -0.4 is 0 Å². The zero-order chi connectivity index (χ0) is 6.15. The molecule has 0 N–H and O–H groups in total. The first kappa shape index (κ1) is 6.09. The van der Waals surface area contributed by atoms with E-state index in [4.69, 9.17) is 0 Å². The quantitative estimate of drug-likeness (QED) is 0.457. The van der Waals surface area contributed by atoms with E-state index in [1.54, 1.807) is 0 Å². The van der Waals surface area contributed by atoms with Crippen LogP contribution in [0.1, 0.15) is 26.7 Å². The third kappa shape index (κ3) is 1.03. The monoisotopic (exact) mass is 113 g/mol. The molecule has 0 aromatic heterocycles. The van der Waals surface area contributed by atoms with Crippen LogP contribution in [0.4, 0.5) is 0 Å². The lowest BCUT2D eigenvalue weighted by atomic mass is 10.0. The highest BCUT2D eigenvalue weighted by Crippen LogP contribution is 2.30. The van der Waals surface area contributed by atoms with Gasteiger partial charge in [-0.1, -0.05) is 13.8 Å². The van der Waals surface area contributed by atoms with Crippen LogP contribution in [0.25, 0.3) is 0 Å². The summed E-state index contributed by atoms with van der Waals surface area (Å²) in [7, 11) is 0. The molecule has 8 heavy (non-hydrogen) atoms. The Balaban J connectivity index is 2.39. The largest absolute Gasteiger partial charge is 0.233 e. The average Bonchev–Trinajstić information content (AvgIpc) is 1.85. The van der Waals surface area contributed by atoms with Crippen molar-refractivity contribution < 1.29 is 5.11 Å². The van der Waals surface area contributed by atoms with Gasteiger partial charge in [0.25, 0.3) is 0 Å². The Morgan fingerprint density at radius 2 is 1.50 bits per heavy atom. The second kappa shape index (κ2) is 2.06. The van der Waals surface area contributed by atoms with Crippen molar-refractivity contribution >= 4 is 0 Å². The Morgan fingerprint density at radius 3 is 1.62 bits per heavy atom. The van der Waals surface area contributed by atoms with E-state index in [9.17, 15) is 5.11 Å². The maximum atomic E-state index is 10.7. The van der Waals surface area contributed by atoms with Crippen LogP contribution in [0.2, 0.25) is 0 Å². The van der Waals surface area contributed by atoms with Crippen LogP contribution in [0.3, 0.4) is 0 Å². The van der Waals surface area contributed by atoms with Gasteiger partial charge in [-0.3, -0.25) is 0 Å². The molecule has 1 aliphatic carbocycles. The van der Waals surface area contributed by atoms with Gasteiger partial charge in [-0.2, -0.15) is 0 Å². The minimum absolute atomic E-state index is 0.250. The zero-order valence-electron chi connectivity index (χ0n) is 5.55. The second-order valence-corrected chi connectivity index (χ2v) is 3.05. The normalized spacial score (nSPS) is 47.6. The summed E-state index contributed by atoms with van der Waals surface area (Å²) >= 11 is 0. The number of rotatable bonds is 0. The Labute approximate surface area is 50.7 Å². The number of hydrogen-bond acceptors (Lipinski definition) is 0. The fourth-order valence-corrected chi connectivity index (χ4v) is 1.39. The smallest absolute Gasteiger partial charge is 0.0935 e. The van der Waals surface area contributed by atoms with Crippen LogP contribution in [0, 0.1) is 11.8 Å². The average molecular weight is 113 g/mol. The molecule has 2 unspecified atom stereocenters. The third-order valence-electron chi connectivity index (χ3n) is 2.24. The van der Waals surface area contributed by atoms with Crippen molar-refractivity contribution in [1.29, 1.82) is 0 Å².